The number of rotatable bonds is 5. The summed E-state index contributed by atoms with van der Waals surface area (Å²) in [6, 6.07) is 11.7. The van der Waals surface area contributed by atoms with Crippen molar-refractivity contribution >= 4 is 33.3 Å². The van der Waals surface area contributed by atoms with E-state index in [1.54, 1.807) is 36.5 Å². The SMILES string of the molecule is COc1ccccc1-c1cc(CSc2ncnc3sccc23)on1. The van der Waals surface area contributed by atoms with Gasteiger partial charge in [0, 0.05) is 17.0 Å². The van der Waals surface area contributed by atoms with Gasteiger partial charge >= 0.3 is 0 Å². The van der Waals surface area contributed by atoms with Crippen LogP contribution in [0.25, 0.3) is 21.5 Å². The van der Waals surface area contributed by atoms with Crippen LogP contribution in [-0.4, -0.2) is 22.2 Å². The maximum absolute atomic E-state index is 5.47. The highest BCUT2D eigenvalue weighted by Crippen LogP contribution is 2.32. The highest BCUT2D eigenvalue weighted by atomic mass is 32.2. The largest absolute Gasteiger partial charge is 0.496 e. The van der Waals surface area contributed by atoms with Gasteiger partial charge in [-0.15, -0.1) is 11.3 Å². The number of para-hydroxylation sites is 1. The number of fused-ring (bicyclic) bond motifs is 1. The van der Waals surface area contributed by atoms with E-state index < -0.39 is 0 Å². The molecular weight excluding hydrogens is 342 g/mol. The number of nitrogens with zero attached hydrogens (tertiary/aromatic N) is 3. The zero-order valence-corrected chi connectivity index (χ0v) is 14.4. The average molecular weight is 355 g/mol. The van der Waals surface area contributed by atoms with Crippen LogP contribution in [0, 0.1) is 0 Å². The van der Waals surface area contributed by atoms with Crippen LogP contribution in [-0.2, 0) is 5.75 Å². The van der Waals surface area contributed by atoms with Crippen LogP contribution in [0.4, 0.5) is 0 Å². The number of methoxy groups -OCH3 is 1. The third-order valence-corrected chi connectivity index (χ3v) is 5.37. The molecule has 4 aromatic rings. The molecule has 120 valence electrons. The molecular formula is C17H13N3O2S2. The van der Waals surface area contributed by atoms with Crippen LogP contribution < -0.4 is 4.74 Å². The summed E-state index contributed by atoms with van der Waals surface area (Å²) in [6.45, 7) is 0. The van der Waals surface area contributed by atoms with Crippen molar-refractivity contribution in [2.45, 2.75) is 10.8 Å². The Balaban J connectivity index is 1.54. The van der Waals surface area contributed by atoms with E-state index in [4.69, 9.17) is 9.26 Å². The highest BCUT2D eigenvalue weighted by Gasteiger charge is 2.12. The number of hydrogen-bond acceptors (Lipinski definition) is 7. The molecule has 0 bridgehead atoms. The van der Waals surface area contributed by atoms with Crippen molar-refractivity contribution in [3.05, 3.63) is 53.9 Å². The monoisotopic (exact) mass is 355 g/mol. The lowest BCUT2D eigenvalue weighted by molar-refractivity contribution is 0.395. The van der Waals surface area contributed by atoms with E-state index in [2.05, 4.69) is 15.1 Å². The lowest BCUT2D eigenvalue weighted by Crippen LogP contribution is -1.86. The molecule has 0 atom stereocenters. The molecule has 24 heavy (non-hydrogen) atoms. The number of thioether (sulfide) groups is 1. The zero-order chi connectivity index (χ0) is 16.4. The van der Waals surface area contributed by atoms with Crippen LogP contribution in [0.1, 0.15) is 5.76 Å². The summed E-state index contributed by atoms with van der Waals surface area (Å²) >= 11 is 3.23. The van der Waals surface area contributed by atoms with Crippen molar-refractivity contribution in [3.8, 4) is 17.0 Å². The Hall–Kier alpha value is -2.38. The first-order valence-electron chi connectivity index (χ1n) is 7.25. The number of aromatic nitrogens is 3. The summed E-state index contributed by atoms with van der Waals surface area (Å²) in [5.74, 6) is 2.23. The summed E-state index contributed by atoms with van der Waals surface area (Å²) in [5, 5.41) is 8.22. The fourth-order valence-electron chi connectivity index (χ4n) is 2.39. The van der Waals surface area contributed by atoms with Gasteiger partial charge in [0.25, 0.3) is 0 Å². The minimum atomic E-state index is 0.657. The fourth-order valence-corrected chi connectivity index (χ4v) is 4.04. The van der Waals surface area contributed by atoms with Gasteiger partial charge in [-0.3, -0.25) is 0 Å². The van der Waals surface area contributed by atoms with Gasteiger partial charge in [-0.1, -0.05) is 29.1 Å². The van der Waals surface area contributed by atoms with E-state index in [0.717, 1.165) is 38.0 Å². The molecule has 1 aromatic carbocycles. The van der Waals surface area contributed by atoms with Crippen molar-refractivity contribution in [2.75, 3.05) is 7.11 Å². The summed E-state index contributed by atoms with van der Waals surface area (Å²) in [4.78, 5) is 9.63. The van der Waals surface area contributed by atoms with Gasteiger partial charge in [-0.05, 0) is 23.6 Å². The summed E-state index contributed by atoms with van der Waals surface area (Å²) in [7, 11) is 1.65. The maximum Gasteiger partial charge on any atom is 0.147 e. The van der Waals surface area contributed by atoms with Gasteiger partial charge in [-0.2, -0.15) is 0 Å². The number of ether oxygens (including phenoxy) is 1. The molecule has 0 radical (unpaired) electrons. The fraction of sp³-hybridized carbons (Fsp3) is 0.118. The van der Waals surface area contributed by atoms with E-state index in [1.807, 2.05) is 41.8 Å². The first-order valence-corrected chi connectivity index (χ1v) is 9.11. The number of benzene rings is 1. The second kappa shape index (κ2) is 6.62. The minimum Gasteiger partial charge on any atom is -0.496 e. The van der Waals surface area contributed by atoms with E-state index in [0.29, 0.717) is 5.75 Å². The minimum absolute atomic E-state index is 0.657. The van der Waals surface area contributed by atoms with Crippen molar-refractivity contribution < 1.29 is 9.26 Å². The Bertz CT molecular complexity index is 981. The van der Waals surface area contributed by atoms with E-state index in [1.165, 1.54) is 0 Å². The molecule has 0 saturated carbocycles. The highest BCUT2D eigenvalue weighted by molar-refractivity contribution is 7.98. The first-order chi connectivity index (χ1) is 11.8. The van der Waals surface area contributed by atoms with Gasteiger partial charge < -0.3 is 9.26 Å². The average Bonchev–Trinajstić information content (AvgIpc) is 3.29. The van der Waals surface area contributed by atoms with Gasteiger partial charge in [0.05, 0.1) is 12.9 Å². The molecule has 0 aliphatic heterocycles. The normalized spacial score (nSPS) is 11.0. The molecule has 0 fully saturated rings. The topological polar surface area (TPSA) is 61.0 Å². The molecule has 7 heteroatoms. The molecule has 0 spiro atoms. The second-order valence-electron chi connectivity index (χ2n) is 4.99. The van der Waals surface area contributed by atoms with Gasteiger partial charge in [0.2, 0.25) is 0 Å². The van der Waals surface area contributed by atoms with Crippen molar-refractivity contribution in [3.63, 3.8) is 0 Å². The van der Waals surface area contributed by atoms with E-state index >= 15 is 0 Å². The number of hydrogen-bond donors (Lipinski definition) is 0. The predicted molar refractivity (Wildman–Crippen MR) is 95.5 cm³/mol. The van der Waals surface area contributed by atoms with E-state index in [-0.39, 0.29) is 0 Å². The Morgan fingerprint density at radius 1 is 1.21 bits per heavy atom. The van der Waals surface area contributed by atoms with Gasteiger partial charge in [0.1, 0.15) is 33.4 Å². The Morgan fingerprint density at radius 2 is 2.12 bits per heavy atom. The molecule has 3 heterocycles. The Labute approximate surface area is 146 Å². The van der Waals surface area contributed by atoms with Crippen LogP contribution in [0.5, 0.6) is 5.75 Å². The summed E-state index contributed by atoms with van der Waals surface area (Å²) in [5.41, 5.74) is 1.69. The van der Waals surface area contributed by atoms with Crippen LogP contribution >= 0.6 is 23.1 Å². The predicted octanol–water partition coefficient (Wildman–Crippen LogP) is 4.65. The smallest absolute Gasteiger partial charge is 0.147 e. The molecule has 0 amide bonds. The summed E-state index contributed by atoms with van der Waals surface area (Å²) < 4.78 is 10.8. The van der Waals surface area contributed by atoms with E-state index in [9.17, 15) is 0 Å². The van der Waals surface area contributed by atoms with Crippen molar-refractivity contribution in [1.29, 1.82) is 0 Å². The molecule has 0 unspecified atom stereocenters. The van der Waals surface area contributed by atoms with Crippen LogP contribution in [0.3, 0.4) is 0 Å². The van der Waals surface area contributed by atoms with Crippen molar-refractivity contribution in [2.24, 2.45) is 0 Å². The Kier molecular flexibility index (Phi) is 4.18. The van der Waals surface area contributed by atoms with Gasteiger partial charge in [-0.25, -0.2) is 9.97 Å². The Morgan fingerprint density at radius 3 is 3.04 bits per heavy atom. The van der Waals surface area contributed by atoms with Gasteiger partial charge in [0.15, 0.2) is 0 Å². The molecule has 0 saturated heterocycles. The molecule has 0 N–H and O–H groups in total. The third-order valence-electron chi connectivity index (χ3n) is 3.52. The quantitative estimate of drug-likeness (QED) is 0.384. The standard InChI is InChI=1S/C17H13N3O2S2/c1-21-15-5-3-2-4-12(15)14-8-11(22-20-14)9-24-17-13-6-7-23-16(13)18-10-19-17/h2-8,10H,9H2,1H3. The van der Waals surface area contributed by atoms with Crippen molar-refractivity contribution in [1.82, 2.24) is 15.1 Å². The zero-order valence-electron chi connectivity index (χ0n) is 12.8. The lowest BCUT2D eigenvalue weighted by Gasteiger charge is -2.03. The first kappa shape index (κ1) is 15.2. The summed E-state index contributed by atoms with van der Waals surface area (Å²) in [6.07, 6.45) is 1.60. The van der Waals surface area contributed by atoms with Crippen LogP contribution in [0.2, 0.25) is 0 Å². The lowest BCUT2D eigenvalue weighted by atomic mass is 10.1. The molecule has 5 nitrogen and oxygen atoms in total. The third kappa shape index (κ3) is 2.88. The molecule has 0 aliphatic rings. The number of thiophene rings is 1. The second-order valence-corrected chi connectivity index (χ2v) is 6.84. The molecule has 4 rings (SSSR count). The molecule has 3 aromatic heterocycles. The van der Waals surface area contributed by atoms with Crippen LogP contribution in [0.15, 0.2) is 57.7 Å². The maximum atomic E-state index is 5.47. The molecule has 0 aliphatic carbocycles.